The zero-order valence-electron chi connectivity index (χ0n) is 7.16. The van der Waals surface area contributed by atoms with Gasteiger partial charge in [0.2, 0.25) is 0 Å². The van der Waals surface area contributed by atoms with Gasteiger partial charge in [-0.05, 0) is 25.8 Å². The summed E-state index contributed by atoms with van der Waals surface area (Å²) in [5.74, 6) is 0.605. The average molecular weight is 158 g/mol. The zero-order valence-corrected chi connectivity index (χ0v) is 7.16. The highest BCUT2D eigenvalue weighted by Gasteiger charge is 2.21. The topological polar surface area (TPSA) is 49.5 Å². The summed E-state index contributed by atoms with van der Waals surface area (Å²) in [6.07, 6.45) is 1.98. The van der Waals surface area contributed by atoms with E-state index < -0.39 is 0 Å². The standard InChI is InChI=1S/C8H18N2O/c1-10-5-7(2-3-11)4-8(9)6-10/h7-8,11H,2-6,9H2,1H3. The summed E-state index contributed by atoms with van der Waals surface area (Å²) >= 11 is 0. The summed E-state index contributed by atoms with van der Waals surface area (Å²) in [4.78, 5) is 2.24. The highest BCUT2D eigenvalue weighted by atomic mass is 16.3. The van der Waals surface area contributed by atoms with E-state index in [2.05, 4.69) is 11.9 Å². The quantitative estimate of drug-likeness (QED) is 0.577. The van der Waals surface area contributed by atoms with Gasteiger partial charge in [-0.25, -0.2) is 0 Å². The van der Waals surface area contributed by atoms with Gasteiger partial charge in [0.15, 0.2) is 0 Å². The first kappa shape index (κ1) is 8.97. The van der Waals surface area contributed by atoms with E-state index in [1.165, 1.54) is 0 Å². The van der Waals surface area contributed by atoms with Crippen LogP contribution in [0, 0.1) is 5.92 Å². The van der Waals surface area contributed by atoms with E-state index in [1.807, 2.05) is 0 Å². The molecule has 0 spiro atoms. The number of rotatable bonds is 2. The van der Waals surface area contributed by atoms with Crippen molar-refractivity contribution in [2.45, 2.75) is 18.9 Å². The maximum absolute atomic E-state index is 8.73. The summed E-state index contributed by atoms with van der Waals surface area (Å²) in [5.41, 5.74) is 5.82. The van der Waals surface area contributed by atoms with Gasteiger partial charge in [0.25, 0.3) is 0 Å². The van der Waals surface area contributed by atoms with Crippen LogP contribution in [-0.4, -0.2) is 42.8 Å². The molecule has 1 aliphatic rings. The van der Waals surface area contributed by atoms with Gasteiger partial charge in [-0.1, -0.05) is 0 Å². The van der Waals surface area contributed by atoms with E-state index in [-0.39, 0.29) is 0 Å². The second-order valence-electron chi connectivity index (χ2n) is 3.60. The zero-order chi connectivity index (χ0) is 8.27. The van der Waals surface area contributed by atoms with E-state index in [4.69, 9.17) is 10.8 Å². The number of likely N-dealkylation sites (N-methyl/N-ethyl adjacent to an activating group) is 1. The van der Waals surface area contributed by atoms with Crippen LogP contribution >= 0.6 is 0 Å². The van der Waals surface area contributed by atoms with Crippen LogP contribution in [0.2, 0.25) is 0 Å². The van der Waals surface area contributed by atoms with Crippen molar-refractivity contribution in [1.29, 1.82) is 0 Å². The molecule has 3 N–H and O–H groups in total. The van der Waals surface area contributed by atoms with Gasteiger partial charge in [0.1, 0.15) is 0 Å². The van der Waals surface area contributed by atoms with Crippen molar-refractivity contribution in [1.82, 2.24) is 4.90 Å². The number of likely N-dealkylation sites (tertiary alicyclic amines) is 1. The molecule has 0 radical (unpaired) electrons. The predicted molar refractivity (Wildman–Crippen MR) is 45.3 cm³/mol. The molecule has 2 atom stereocenters. The van der Waals surface area contributed by atoms with Gasteiger partial charge >= 0.3 is 0 Å². The second-order valence-corrected chi connectivity index (χ2v) is 3.60. The van der Waals surface area contributed by atoms with Crippen molar-refractivity contribution in [3.05, 3.63) is 0 Å². The van der Waals surface area contributed by atoms with Crippen LogP contribution in [0.15, 0.2) is 0 Å². The summed E-state index contributed by atoms with van der Waals surface area (Å²) in [6.45, 7) is 2.39. The highest BCUT2D eigenvalue weighted by Crippen LogP contribution is 2.16. The van der Waals surface area contributed by atoms with Crippen molar-refractivity contribution in [3.63, 3.8) is 0 Å². The SMILES string of the molecule is CN1CC(N)CC(CCO)C1. The van der Waals surface area contributed by atoms with E-state index in [1.54, 1.807) is 0 Å². The monoisotopic (exact) mass is 158 g/mol. The number of hydrogen-bond acceptors (Lipinski definition) is 3. The molecule has 0 saturated carbocycles. The fraction of sp³-hybridized carbons (Fsp3) is 1.00. The molecule has 1 aliphatic heterocycles. The minimum absolute atomic E-state index is 0.297. The lowest BCUT2D eigenvalue weighted by Crippen LogP contribution is -2.45. The lowest BCUT2D eigenvalue weighted by molar-refractivity contribution is 0.156. The largest absolute Gasteiger partial charge is 0.396 e. The predicted octanol–water partition coefficient (Wildman–Crippen LogP) is -0.352. The summed E-state index contributed by atoms with van der Waals surface area (Å²) in [5, 5.41) is 8.73. The van der Waals surface area contributed by atoms with Gasteiger partial charge in [-0.15, -0.1) is 0 Å². The van der Waals surface area contributed by atoms with Gasteiger partial charge < -0.3 is 15.7 Å². The first-order valence-corrected chi connectivity index (χ1v) is 4.27. The third-order valence-corrected chi connectivity index (χ3v) is 2.29. The molecule has 0 aromatic heterocycles. The highest BCUT2D eigenvalue weighted by molar-refractivity contribution is 4.79. The van der Waals surface area contributed by atoms with Crippen molar-refractivity contribution in [2.24, 2.45) is 11.7 Å². The smallest absolute Gasteiger partial charge is 0.0434 e. The molecule has 3 heteroatoms. The molecule has 0 aromatic rings. The molecule has 1 heterocycles. The van der Waals surface area contributed by atoms with Crippen LogP contribution in [0.1, 0.15) is 12.8 Å². The molecule has 66 valence electrons. The second kappa shape index (κ2) is 4.04. The molecule has 1 saturated heterocycles. The molecule has 0 bridgehead atoms. The van der Waals surface area contributed by atoms with Crippen molar-refractivity contribution < 1.29 is 5.11 Å². The Morgan fingerprint density at radius 3 is 2.82 bits per heavy atom. The molecular formula is C8H18N2O. The Morgan fingerprint density at radius 1 is 1.55 bits per heavy atom. The Morgan fingerprint density at radius 2 is 2.27 bits per heavy atom. The van der Waals surface area contributed by atoms with E-state index in [0.717, 1.165) is 25.9 Å². The van der Waals surface area contributed by atoms with Crippen molar-refractivity contribution in [3.8, 4) is 0 Å². The fourth-order valence-corrected chi connectivity index (χ4v) is 1.88. The van der Waals surface area contributed by atoms with Gasteiger partial charge in [0.05, 0.1) is 0 Å². The van der Waals surface area contributed by atoms with Crippen LogP contribution in [0.4, 0.5) is 0 Å². The number of piperidine rings is 1. The third kappa shape index (κ3) is 2.77. The van der Waals surface area contributed by atoms with Gasteiger partial charge in [0, 0.05) is 25.7 Å². The van der Waals surface area contributed by atoms with E-state index in [9.17, 15) is 0 Å². The molecule has 0 amide bonds. The van der Waals surface area contributed by atoms with Crippen LogP contribution in [0.3, 0.4) is 0 Å². The lowest BCUT2D eigenvalue weighted by Gasteiger charge is -2.33. The number of aliphatic hydroxyl groups is 1. The van der Waals surface area contributed by atoms with Crippen LogP contribution in [0.5, 0.6) is 0 Å². The number of nitrogens with zero attached hydrogens (tertiary/aromatic N) is 1. The maximum Gasteiger partial charge on any atom is 0.0434 e. The molecular weight excluding hydrogens is 140 g/mol. The number of nitrogens with two attached hydrogens (primary N) is 1. The van der Waals surface area contributed by atoms with Gasteiger partial charge in [-0.2, -0.15) is 0 Å². The fourth-order valence-electron chi connectivity index (χ4n) is 1.88. The normalized spacial score (nSPS) is 34.1. The first-order valence-electron chi connectivity index (χ1n) is 4.27. The van der Waals surface area contributed by atoms with Crippen LogP contribution < -0.4 is 5.73 Å². The van der Waals surface area contributed by atoms with Crippen molar-refractivity contribution in [2.75, 3.05) is 26.7 Å². The first-order chi connectivity index (χ1) is 5.22. The van der Waals surface area contributed by atoms with Crippen LogP contribution in [0.25, 0.3) is 0 Å². The Bertz CT molecular complexity index is 109. The Hall–Kier alpha value is -0.120. The molecule has 3 nitrogen and oxygen atoms in total. The van der Waals surface area contributed by atoms with Gasteiger partial charge in [-0.3, -0.25) is 0 Å². The Balaban J connectivity index is 2.30. The number of hydrogen-bond donors (Lipinski definition) is 2. The molecule has 0 aliphatic carbocycles. The minimum Gasteiger partial charge on any atom is -0.396 e. The Kier molecular flexibility index (Phi) is 3.30. The molecule has 0 aromatic carbocycles. The number of aliphatic hydroxyl groups excluding tert-OH is 1. The van der Waals surface area contributed by atoms with E-state index in [0.29, 0.717) is 18.6 Å². The molecule has 1 fully saturated rings. The van der Waals surface area contributed by atoms with Crippen molar-refractivity contribution >= 4 is 0 Å². The summed E-state index contributed by atoms with van der Waals surface area (Å²) in [6, 6.07) is 0.310. The molecule has 11 heavy (non-hydrogen) atoms. The minimum atomic E-state index is 0.297. The lowest BCUT2D eigenvalue weighted by atomic mass is 9.93. The summed E-state index contributed by atoms with van der Waals surface area (Å²) < 4.78 is 0. The maximum atomic E-state index is 8.73. The van der Waals surface area contributed by atoms with E-state index >= 15 is 0 Å². The average Bonchev–Trinajstić information content (AvgIpc) is 1.85. The van der Waals surface area contributed by atoms with Crippen LogP contribution in [-0.2, 0) is 0 Å². The molecule has 2 unspecified atom stereocenters. The Labute approximate surface area is 68.2 Å². The summed E-state index contributed by atoms with van der Waals surface area (Å²) in [7, 11) is 2.09. The third-order valence-electron chi connectivity index (χ3n) is 2.29. The molecule has 1 rings (SSSR count).